The van der Waals surface area contributed by atoms with Crippen molar-refractivity contribution in [3.8, 4) is 0 Å². The summed E-state index contributed by atoms with van der Waals surface area (Å²) in [4.78, 5) is 26.2. The Morgan fingerprint density at radius 3 is 2.46 bits per heavy atom. The molecule has 0 aromatic carbocycles. The second-order valence-electron chi connectivity index (χ2n) is 9.37. The molecule has 0 spiro atoms. The molecule has 0 aromatic heterocycles. The molecule has 0 unspecified atom stereocenters. The molecule has 132 valence electrons. The molecule has 2 saturated heterocycles. The highest BCUT2D eigenvalue weighted by Crippen LogP contribution is 2.68. The fourth-order valence-corrected chi connectivity index (χ4v) is 5.87. The Bertz CT molecular complexity index is 628. The molecule has 24 heavy (non-hydrogen) atoms. The third-order valence-corrected chi connectivity index (χ3v) is 6.68. The standard InChI is InChI=1S/C20H28O4/c1-11(2)19-9-8-14(21)20(24-19,17(22)23-18(3,4)5)16-13-7-6-12(10-13)15(16)19/h6-7,11-13,15-16H,8-10H2,1-5H3/t12-,13+,15+,16-,19+,20+/m1/s1. The van der Waals surface area contributed by atoms with Crippen molar-refractivity contribution in [1.29, 1.82) is 0 Å². The van der Waals surface area contributed by atoms with E-state index in [1.54, 1.807) is 0 Å². The van der Waals surface area contributed by atoms with Crippen LogP contribution in [-0.4, -0.2) is 28.6 Å². The Morgan fingerprint density at radius 2 is 1.88 bits per heavy atom. The highest BCUT2D eigenvalue weighted by Gasteiger charge is 2.77. The van der Waals surface area contributed by atoms with E-state index in [4.69, 9.17) is 9.47 Å². The van der Waals surface area contributed by atoms with Crippen LogP contribution in [0.2, 0.25) is 0 Å². The van der Waals surface area contributed by atoms with Crippen molar-refractivity contribution >= 4 is 11.8 Å². The maximum absolute atomic E-state index is 13.2. The summed E-state index contributed by atoms with van der Waals surface area (Å²) in [5, 5.41) is 0. The first kappa shape index (κ1) is 16.3. The van der Waals surface area contributed by atoms with Crippen molar-refractivity contribution in [3.05, 3.63) is 12.2 Å². The summed E-state index contributed by atoms with van der Waals surface area (Å²) in [6.45, 7) is 9.86. The zero-order valence-corrected chi connectivity index (χ0v) is 15.3. The van der Waals surface area contributed by atoms with E-state index in [-0.39, 0.29) is 35.1 Å². The van der Waals surface area contributed by atoms with E-state index in [1.165, 1.54) is 0 Å². The number of hydrogen-bond acceptors (Lipinski definition) is 4. The molecule has 6 atom stereocenters. The third kappa shape index (κ3) is 1.84. The molecule has 4 heteroatoms. The lowest BCUT2D eigenvalue weighted by molar-refractivity contribution is -0.212. The van der Waals surface area contributed by atoms with Crippen LogP contribution in [0.15, 0.2) is 12.2 Å². The van der Waals surface area contributed by atoms with Crippen LogP contribution >= 0.6 is 0 Å². The van der Waals surface area contributed by atoms with E-state index in [1.807, 2.05) is 20.8 Å². The monoisotopic (exact) mass is 332 g/mol. The predicted octanol–water partition coefficient (Wildman–Crippen LogP) is 3.29. The highest BCUT2D eigenvalue weighted by atomic mass is 16.6. The zero-order chi connectivity index (χ0) is 17.5. The topological polar surface area (TPSA) is 52.6 Å². The van der Waals surface area contributed by atoms with Gasteiger partial charge in [0.2, 0.25) is 5.60 Å². The summed E-state index contributed by atoms with van der Waals surface area (Å²) in [6.07, 6.45) is 6.68. The summed E-state index contributed by atoms with van der Waals surface area (Å²) < 4.78 is 12.2. The van der Waals surface area contributed by atoms with Crippen LogP contribution in [0.5, 0.6) is 0 Å². The van der Waals surface area contributed by atoms with E-state index in [0.717, 1.165) is 12.8 Å². The maximum Gasteiger partial charge on any atom is 0.347 e. The molecule has 4 nitrogen and oxygen atoms in total. The number of allylic oxidation sites excluding steroid dienone is 2. The zero-order valence-electron chi connectivity index (χ0n) is 15.3. The van der Waals surface area contributed by atoms with Crippen molar-refractivity contribution in [1.82, 2.24) is 0 Å². The van der Waals surface area contributed by atoms with Crippen molar-refractivity contribution in [2.45, 2.75) is 70.7 Å². The van der Waals surface area contributed by atoms with E-state index >= 15 is 0 Å². The van der Waals surface area contributed by atoms with Crippen molar-refractivity contribution in [2.24, 2.45) is 29.6 Å². The summed E-state index contributed by atoms with van der Waals surface area (Å²) in [7, 11) is 0. The number of fused-ring (bicyclic) bond motifs is 9. The maximum atomic E-state index is 13.2. The second kappa shape index (κ2) is 4.72. The van der Waals surface area contributed by atoms with Gasteiger partial charge in [-0.05, 0) is 51.4 Å². The quantitative estimate of drug-likeness (QED) is 0.442. The number of rotatable bonds is 2. The molecule has 0 radical (unpaired) electrons. The number of hydrogen-bond donors (Lipinski definition) is 0. The lowest BCUT2D eigenvalue weighted by atomic mass is 9.67. The van der Waals surface area contributed by atoms with Crippen molar-refractivity contribution in [2.75, 3.05) is 0 Å². The molecule has 2 aliphatic carbocycles. The number of esters is 1. The molecule has 2 aliphatic heterocycles. The van der Waals surface area contributed by atoms with Crippen LogP contribution < -0.4 is 0 Å². The number of ketones is 1. The van der Waals surface area contributed by atoms with Crippen LogP contribution in [0, 0.1) is 29.6 Å². The van der Waals surface area contributed by atoms with Gasteiger partial charge in [0.1, 0.15) is 5.60 Å². The first-order valence-electron chi connectivity index (χ1n) is 9.27. The summed E-state index contributed by atoms with van der Waals surface area (Å²) in [5.74, 6) is 0.633. The largest absolute Gasteiger partial charge is 0.457 e. The van der Waals surface area contributed by atoms with Gasteiger partial charge < -0.3 is 9.47 Å². The van der Waals surface area contributed by atoms with Crippen molar-refractivity contribution in [3.63, 3.8) is 0 Å². The molecule has 0 amide bonds. The van der Waals surface area contributed by atoms with Gasteiger partial charge in [-0.15, -0.1) is 0 Å². The minimum absolute atomic E-state index is 0.0558. The molecule has 0 N–H and O–H groups in total. The van der Waals surface area contributed by atoms with Gasteiger partial charge in [0.15, 0.2) is 5.78 Å². The highest BCUT2D eigenvalue weighted by molar-refractivity contribution is 6.09. The molecular formula is C20H28O4. The Balaban J connectivity index is 1.84. The molecule has 0 aromatic rings. The van der Waals surface area contributed by atoms with Crippen LogP contribution in [0.3, 0.4) is 0 Å². The summed E-state index contributed by atoms with van der Waals surface area (Å²) in [5.41, 5.74) is -2.39. The number of carbonyl (C=O) groups is 2. The van der Waals surface area contributed by atoms with Crippen molar-refractivity contribution < 1.29 is 19.1 Å². The van der Waals surface area contributed by atoms with Gasteiger partial charge in [-0.25, -0.2) is 4.79 Å². The number of Topliss-reactive ketones (excluding diaryl/α,β-unsaturated/α-hetero) is 1. The lowest BCUT2D eigenvalue weighted by Gasteiger charge is -2.44. The smallest absolute Gasteiger partial charge is 0.347 e. The second-order valence-corrected chi connectivity index (χ2v) is 9.37. The van der Waals surface area contributed by atoms with Crippen LogP contribution in [0.1, 0.15) is 53.9 Å². The fourth-order valence-electron chi connectivity index (χ4n) is 5.87. The minimum atomic E-state index is -1.38. The Hall–Kier alpha value is -1.16. The normalized spacial score (nSPS) is 45.8. The lowest BCUT2D eigenvalue weighted by Crippen LogP contribution is -2.58. The first-order valence-corrected chi connectivity index (χ1v) is 9.27. The third-order valence-electron chi connectivity index (χ3n) is 6.68. The summed E-state index contributed by atoms with van der Waals surface area (Å²) >= 11 is 0. The predicted molar refractivity (Wildman–Crippen MR) is 89.2 cm³/mol. The average Bonchev–Trinajstić information content (AvgIpc) is 3.13. The Labute approximate surface area is 144 Å². The van der Waals surface area contributed by atoms with E-state index in [9.17, 15) is 9.59 Å². The number of carbonyl (C=O) groups excluding carboxylic acids is 2. The minimum Gasteiger partial charge on any atom is -0.457 e. The SMILES string of the molecule is CC(C)[C@]12CCC(=O)[C@](C(=O)OC(C)(C)C)(O1)[C@H]1[C@@H]2[C@@H]2C=C[C@H]1C2. The molecule has 3 fully saturated rings. The Kier molecular flexibility index (Phi) is 3.21. The fraction of sp³-hybridized carbons (Fsp3) is 0.800. The molecule has 4 aliphatic rings. The van der Waals surface area contributed by atoms with Gasteiger partial charge in [0.25, 0.3) is 0 Å². The molecule has 2 heterocycles. The van der Waals surface area contributed by atoms with Gasteiger partial charge in [0, 0.05) is 18.3 Å². The van der Waals surface area contributed by atoms with Gasteiger partial charge in [-0.1, -0.05) is 26.0 Å². The average molecular weight is 332 g/mol. The van der Waals surface area contributed by atoms with Crippen LogP contribution in [0.25, 0.3) is 0 Å². The first-order chi connectivity index (χ1) is 11.1. The number of ether oxygens (including phenoxy) is 2. The summed E-state index contributed by atoms with van der Waals surface area (Å²) in [6, 6.07) is 0. The molecule has 4 rings (SSSR count). The van der Waals surface area contributed by atoms with Crippen LogP contribution in [-0.2, 0) is 19.1 Å². The van der Waals surface area contributed by atoms with Gasteiger partial charge >= 0.3 is 5.97 Å². The van der Waals surface area contributed by atoms with E-state index in [2.05, 4.69) is 26.0 Å². The molecule has 1 saturated carbocycles. The van der Waals surface area contributed by atoms with Gasteiger partial charge in [0.05, 0.1) is 5.60 Å². The van der Waals surface area contributed by atoms with Crippen LogP contribution in [0.4, 0.5) is 0 Å². The molecule has 4 bridgehead atoms. The van der Waals surface area contributed by atoms with E-state index in [0.29, 0.717) is 12.3 Å². The Morgan fingerprint density at radius 1 is 1.25 bits per heavy atom. The van der Waals surface area contributed by atoms with Gasteiger partial charge in [-0.2, -0.15) is 0 Å². The van der Waals surface area contributed by atoms with Gasteiger partial charge in [-0.3, -0.25) is 4.79 Å². The van der Waals surface area contributed by atoms with E-state index < -0.39 is 17.2 Å². The molecular weight excluding hydrogens is 304 g/mol.